The van der Waals surface area contributed by atoms with E-state index in [9.17, 15) is 4.79 Å². The molecule has 1 atom stereocenters. The lowest BCUT2D eigenvalue weighted by atomic mass is 9.98. The van der Waals surface area contributed by atoms with Crippen molar-refractivity contribution in [2.45, 2.75) is 37.8 Å². The molecule has 6 heteroatoms. The van der Waals surface area contributed by atoms with E-state index in [4.69, 9.17) is 4.42 Å². The Hall–Kier alpha value is -2.60. The maximum absolute atomic E-state index is 12.0. The predicted molar refractivity (Wildman–Crippen MR) is 111 cm³/mol. The largest absolute Gasteiger partial charge is 0.416 e. The summed E-state index contributed by atoms with van der Waals surface area (Å²) in [6.07, 6.45) is 1.51. The summed E-state index contributed by atoms with van der Waals surface area (Å²) in [5.41, 5.74) is 3.74. The second kappa shape index (κ2) is 10.1. The van der Waals surface area contributed by atoms with Gasteiger partial charge in [-0.2, -0.15) is 0 Å². The van der Waals surface area contributed by atoms with Gasteiger partial charge in [-0.25, -0.2) is 0 Å². The first-order valence-corrected chi connectivity index (χ1v) is 10.4. The van der Waals surface area contributed by atoms with E-state index in [1.54, 1.807) is 0 Å². The Morgan fingerprint density at radius 3 is 2.64 bits per heavy atom. The number of nitrogens with zero attached hydrogens (tertiary/aromatic N) is 2. The highest BCUT2D eigenvalue weighted by molar-refractivity contribution is 7.99. The van der Waals surface area contributed by atoms with Gasteiger partial charge in [0.05, 0.1) is 5.75 Å². The van der Waals surface area contributed by atoms with Crippen LogP contribution in [0.1, 0.15) is 35.4 Å². The van der Waals surface area contributed by atoms with E-state index in [1.165, 1.54) is 28.5 Å². The van der Waals surface area contributed by atoms with Crippen molar-refractivity contribution in [1.82, 2.24) is 15.5 Å². The van der Waals surface area contributed by atoms with Crippen molar-refractivity contribution in [3.63, 3.8) is 0 Å². The van der Waals surface area contributed by atoms with Gasteiger partial charge in [-0.05, 0) is 36.0 Å². The van der Waals surface area contributed by atoms with Gasteiger partial charge in [0.2, 0.25) is 11.8 Å². The number of carbonyl (C=O) groups excluding carboxylic acids is 1. The second-order valence-corrected chi connectivity index (χ2v) is 7.72. The maximum Gasteiger partial charge on any atom is 0.277 e. The van der Waals surface area contributed by atoms with Crippen molar-refractivity contribution in [2.24, 2.45) is 0 Å². The SMILES string of the molecule is Cc1ccccc1CCNC(=O)CSc1nnc(CC(C)c2ccccc2)o1. The van der Waals surface area contributed by atoms with Crippen LogP contribution in [-0.4, -0.2) is 28.4 Å². The van der Waals surface area contributed by atoms with E-state index < -0.39 is 0 Å². The van der Waals surface area contributed by atoms with Gasteiger partial charge in [0.15, 0.2) is 0 Å². The van der Waals surface area contributed by atoms with Crippen molar-refractivity contribution in [3.8, 4) is 0 Å². The van der Waals surface area contributed by atoms with Gasteiger partial charge < -0.3 is 9.73 Å². The molecule has 1 heterocycles. The first-order valence-electron chi connectivity index (χ1n) is 9.43. The first kappa shape index (κ1) is 20.1. The number of hydrogen-bond donors (Lipinski definition) is 1. The van der Waals surface area contributed by atoms with Gasteiger partial charge >= 0.3 is 0 Å². The average molecular weight is 396 g/mol. The van der Waals surface area contributed by atoms with Crippen LogP contribution < -0.4 is 5.32 Å². The van der Waals surface area contributed by atoms with Crippen LogP contribution in [-0.2, 0) is 17.6 Å². The number of nitrogens with one attached hydrogen (secondary N) is 1. The fraction of sp³-hybridized carbons (Fsp3) is 0.318. The van der Waals surface area contributed by atoms with Gasteiger partial charge in [0.1, 0.15) is 0 Å². The summed E-state index contributed by atoms with van der Waals surface area (Å²) in [5, 5.41) is 11.5. The molecule has 3 rings (SSSR count). The van der Waals surface area contributed by atoms with Crippen LogP contribution in [0.15, 0.2) is 64.2 Å². The standard InChI is InChI=1S/C22H25N3O2S/c1-16-8-6-7-11-19(16)12-13-23-20(26)15-28-22-25-24-21(27-22)14-17(2)18-9-4-3-5-10-18/h3-11,17H,12-15H2,1-2H3,(H,23,26). The Kier molecular flexibility index (Phi) is 7.25. The zero-order valence-corrected chi connectivity index (χ0v) is 17.0. The summed E-state index contributed by atoms with van der Waals surface area (Å²) < 4.78 is 5.68. The average Bonchev–Trinajstić information content (AvgIpc) is 3.16. The summed E-state index contributed by atoms with van der Waals surface area (Å²) in [5.74, 6) is 1.13. The molecule has 0 spiro atoms. The zero-order chi connectivity index (χ0) is 19.8. The lowest BCUT2D eigenvalue weighted by Gasteiger charge is -2.08. The molecule has 0 saturated heterocycles. The van der Waals surface area contributed by atoms with Crippen LogP contribution in [0.4, 0.5) is 0 Å². The fourth-order valence-corrected chi connectivity index (χ4v) is 3.56. The van der Waals surface area contributed by atoms with E-state index in [-0.39, 0.29) is 11.7 Å². The van der Waals surface area contributed by atoms with E-state index in [0.29, 0.717) is 30.0 Å². The molecule has 0 radical (unpaired) electrons. The summed E-state index contributed by atoms with van der Waals surface area (Å²) in [7, 11) is 0. The van der Waals surface area contributed by atoms with Gasteiger partial charge in [0.25, 0.3) is 5.22 Å². The molecule has 5 nitrogen and oxygen atoms in total. The smallest absolute Gasteiger partial charge is 0.277 e. The number of aromatic nitrogens is 2. The third kappa shape index (κ3) is 5.96. The summed E-state index contributed by atoms with van der Waals surface area (Å²) in [6, 6.07) is 18.5. The summed E-state index contributed by atoms with van der Waals surface area (Å²) in [6.45, 7) is 4.83. The third-order valence-corrected chi connectivity index (χ3v) is 5.42. The van der Waals surface area contributed by atoms with E-state index >= 15 is 0 Å². The number of carbonyl (C=O) groups is 1. The van der Waals surface area contributed by atoms with Crippen LogP contribution in [0.5, 0.6) is 0 Å². The van der Waals surface area contributed by atoms with Crippen molar-refractivity contribution >= 4 is 17.7 Å². The van der Waals surface area contributed by atoms with Crippen molar-refractivity contribution < 1.29 is 9.21 Å². The molecule has 146 valence electrons. The molecular formula is C22H25N3O2S. The van der Waals surface area contributed by atoms with Crippen molar-refractivity contribution in [1.29, 1.82) is 0 Å². The lowest BCUT2D eigenvalue weighted by molar-refractivity contribution is -0.118. The van der Waals surface area contributed by atoms with Gasteiger partial charge in [0, 0.05) is 13.0 Å². The maximum atomic E-state index is 12.0. The number of hydrogen-bond acceptors (Lipinski definition) is 5. The molecule has 1 N–H and O–H groups in total. The molecule has 1 amide bonds. The number of rotatable bonds is 9. The van der Waals surface area contributed by atoms with E-state index in [1.807, 2.05) is 30.3 Å². The molecule has 28 heavy (non-hydrogen) atoms. The molecule has 0 aliphatic heterocycles. The molecule has 0 aliphatic carbocycles. The Bertz CT molecular complexity index is 896. The van der Waals surface area contributed by atoms with Crippen molar-refractivity contribution in [3.05, 3.63) is 77.2 Å². The topological polar surface area (TPSA) is 68.0 Å². The number of aryl methyl sites for hydroxylation is 1. The summed E-state index contributed by atoms with van der Waals surface area (Å²) >= 11 is 1.27. The zero-order valence-electron chi connectivity index (χ0n) is 16.2. The fourth-order valence-electron chi connectivity index (χ4n) is 2.95. The van der Waals surface area contributed by atoms with Crippen LogP contribution in [0.25, 0.3) is 0 Å². The van der Waals surface area contributed by atoms with Gasteiger partial charge in [-0.15, -0.1) is 10.2 Å². The Labute approximate surface area is 170 Å². The molecule has 0 fully saturated rings. The Balaban J connectivity index is 1.40. The molecule has 1 unspecified atom stereocenters. The second-order valence-electron chi connectivity index (χ2n) is 6.79. The molecule has 1 aromatic heterocycles. The molecule has 0 saturated carbocycles. The highest BCUT2D eigenvalue weighted by Crippen LogP contribution is 2.22. The lowest BCUT2D eigenvalue weighted by Crippen LogP contribution is -2.27. The quantitative estimate of drug-likeness (QED) is 0.551. The Morgan fingerprint density at radius 1 is 1.11 bits per heavy atom. The minimum absolute atomic E-state index is 0.0315. The highest BCUT2D eigenvalue weighted by atomic mass is 32.2. The number of thioether (sulfide) groups is 1. The van der Waals surface area contributed by atoms with E-state index in [2.05, 4.69) is 53.6 Å². The first-order chi connectivity index (χ1) is 13.6. The van der Waals surface area contributed by atoms with Gasteiger partial charge in [-0.3, -0.25) is 4.79 Å². The number of benzene rings is 2. The molecule has 2 aromatic carbocycles. The molecular weight excluding hydrogens is 370 g/mol. The predicted octanol–water partition coefficient (Wildman–Crippen LogP) is 4.18. The van der Waals surface area contributed by atoms with Crippen LogP contribution >= 0.6 is 11.8 Å². The highest BCUT2D eigenvalue weighted by Gasteiger charge is 2.13. The molecule has 3 aromatic rings. The van der Waals surface area contributed by atoms with Crippen LogP contribution in [0.3, 0.4) is 0 Å². The van der Waals surface area contributed by atoms with Crippen molar-refractivity contribution in [2.75, 3.05) is 12.3 Å². The minimum atomic E-state index is -0.0315. The van der Waals surface area contributed by atoms with Gasteiger partial charge in [-0.1, -0.05) is 73.3 Å². The summed E-state index contributed by atoms with van der Waals surface area (Å²) in [4.78, 5) is 12.0. The van der Waals surface area contributed by atoms with E-state index in [0.717, 1.165) is 6.42 Å². The molecule has 0 bridgehead atoms. The van der Waals surface area contributed by atoms with Crippen LogP contribution in [0, 0.1) is 6.92 Å². The number of amides is 1. The third-order valence-electron chi connectivity index (χ3n) is 4.60. The Morgan fingerprint density at radius 2 is 1.86 bits per heavy atom. The van der Waals surface area contributed by atoms with Crippen LogP contribution in [0.2, 0.25) is 0 Å². The monoisotopic (exact) mass is 395 g/mol. The minimum Gasteiger partial charge on any atom is -0.416 e. The molecule has 0 aliphatic rings. The normalized spacial score (nSPS) is 11.9.